The van der Waals surface area contributed by atoms with E-state index in [1.54, 1.807) is 7.11 Å². The third-order valence-corrected chi connectivity index (χ3v) is 5.93. The summed E-state index contributed by atoms with van der Waals surface area (Å²) in [5.41, 5.74) is 3.36. The number of benzene rings is 1. The van der Waals surface area contributed by atoms with Crippen molar-refractivity contribution in [3.05, 3.63) is 84.4 Å². The fraction of sp³-hybridized carbons (Fsp3) is 0.333. The maximum absolute atomic E-state index is 5.78. The lowest BCUT2D eigenvalue weighted by Crippen LogP contribution is -2.32. The molecule has 2 atom stereocenters. The zero-order valence-electron chi connectivity index (χ0n) is 17.8. The van der Waals surface area contributed by atoms with Gasteiger partial charge in [0, 0.05) is 50.5 Å². The molecule has 1 saturated heterocycles. The van der Waals surface area contributed by atoms with Crippen LogP contribution in [0.1, 0.15) is 29.9 Å². The van der Waals surface area contributed by atoms with E-state index in [0.717, 1.165) is 42.5 Å². The Hall–Kier alpha value is -2.90. The Bertz CT molecular complexity index is 962. The summed E-state index contributed by atoms with van der Waals surface area (Å²) in [4.78, 5) is 6.93. The highest BCUT2D eigenvalue weighted by molar-refractivity contribution is 7.80. The second kappa shape index (κ2) is 10.4. The number of pyridine rings is 1. The summed E-state index contributed by atoms with van der Waals surface area (Å²) in [5, 5.41) is 7.80. The highest BCUT2D eigenvalue weighted by atomic mass is 32.1. The average molecular weight is 436 g/mol. The SMILES string of the molecule is COCCn1cccc1[C@H]1[C@H](c2ccccn2)NC(=S)N1CCCNc1ccccc1. The second-order valence-electron chi connectivity index (χ2n) is 7.59. The maximum atomic E-state index is 5.78. The molecule has 3 aromatic rings. The van der Waals surface area contributed by atoms with Crippen molar-refractivity contribution in [1.29, 1.82) is 0 Å². The number of para-hydroxylation sites is 1. The number of rotatable bonds is 10. The van der Waals surface area contributed by atoms with Gasteiger partial charge >= 0.3 is 0 Å². The molecule has 0 spiro atoms. The van der Waals surface area contributed by atoms with Crippen molar-refractivity contribution in [3.8, 4) is 0 Å². The molecule has 162 valence electrons. The quantitative estimate of drug-likeness (QED) is 0.371. The van der Waals surface area contributed by atoms with Crippen LogP contribution in [-0.4, -0.2) is 46.4 Å². The molecule has 2 aromatic heterocycles. The Labute approximate surface area is 189 Å². The molecule has 6 nitrogen and oxygen atoms in total. The Morgan fingerprint density at radius 1 is 1.06 bits per heavy atom. The van der Waals surface area contributed by atoms with Gasteiger partial charge in [-0.25, -0.2) is 0 Å². The van der Waals surface area contributed by atoms with E-state index in [4.69, 9.17) is 17.0 Å². The molecule has 0 radical (unpaired) electrons. The average Bonchev–Trinajstić information content (AvgIpc) is 3.40. The van der Waals surface area contributed by atoms with E-state index >= 15 is 0 Å². The van der Waals surface area contributed by atoms with Gasteiger partial charge in [0.15, 0.2) is 5.11 Å². The van der Waals surface area contributed by atoms with Gasteiger partial charge in [0.1, 0.15) is 0 Å². The topological polar surface area (TPSA) is 54.4 Å². The van der Waals surface area contributed by atoms with Crippen molar-refractivity contribution < 1.29 is 4.74 Å². The number of aromatic nitrogens is 2. The van der Waals surface area contributed by atoms with Gasteiger partial charge in [0.25, 0.3) is 0 Å². The highest BCUT2D eigenvalue weighted by Gasteiger charge is 2.40. The van der Waals surface area contributed by atoms with Gasteiger partial charge in [0.05, 0.1) is 24.4 Å². The number of thiocarbonyl (C=S) groups is 1. The lowest BCUT2D eigenvalue weighted by atomic mass is 10.0. The first-order valence-corrected chi connectivity index (χ1v) is 11.1. The van der Waals surface area contributed by atoms with Crippen LogP contribution in [0.5, 0.6) is 0 Å². The number of ether oxygens (including phenoxy) is 1. The lowest BCUT2D eigenvalue weighted by Gasteiger charge is -2.29. The molecule has 2 N–H and O–H groups in total. The molecule has 0 saturated carbocycles. The Balaban J connectivity index is 1.52. The van der Waals surface area contributed by atoms with Gasteiger partial charge in [-0.3, -0.25) is 4.98 Å². The molecular formula is C24H29N5OS. The molecule has 1 aromatic carbocycles. The third kappa shape index (κ3) is 5.06. The van der Waals surface area contributed by atoms with Crippen LogP contribution in [0.3, 0.4) is 0 Å². The zero-order chi connectivity index (χ0) is 21.5. The van der Waals surface area contributed by atoms with E-state index in [2.05, 4.69) is 61.6 Å². The third-order valence-electron chi connectivity index (χ3n) is 5.58. The largest absolute Gasteiger partial charge is 0.385 e. The minimum atomic E-state index is 0.00646. The predicted octanol–water partition coefficient (Wildman–Crippen LogP) is 4.00. The first-order chi connectivity index (χ1) is 15.3. The van der Waals surface area contributed by atoms with Crippen molar-refractivity contribution in [2.45, 2.75) is 25.0 Å². The predicted molar refractivity (Wildman–Crippen MR) is 128 cm³/mol. The van der Waals surface area contributed by atoms with Gasteiger partial charge in [-0.1, -0.05) is 24.3 Å². The first kappa shape index (κ1) is 21.3. The highest BCUT2D eigenvalue weighted by Crippen LogP contribution is 2.38. The maximum Gasteiger partial charge on any atom is 0.170 e. The molecule has 0 bridgehead atoms. The minimum absolute atomic E-state index is 0.00646. The van der Waals surface area contributed by atoms with Crippen LogP contribution in [0.25, 0.3) is 0 Å². The molecule has 0 unspecified atom stereocenters. The van der Waals surface area contributed by atoms with E-state index in [1.165, 1.54) is 5.69 Å². The molecule has 1 fully saturated rings. The molecule has 1 aliphatic rings. The van der Waals surface area contributed by atoms with E-state index < -0.39 is 0 Å². The minimum Gasteiger partial charge on any atom is -0.385 e. The molecule has 0 aliphatic carbocycles. The summed E-state index contributed by atoms with van der Waals surface area (Å²) in [6, 6.07) is 20.7. The molecule has 3 heterocycles. The van der Waals surface area contributed by atoms with Crippen LogP contribution in [0.4, 0.5) is 5.69 Å². The smallest absolute Gasteiger partial charge is 0.170 e. The molecule has 1 aliphatic heterocycles. The summed E-state index contributed by atoms with van der Waals surface area (Å²) in [7, 11) is 1.73. The zero-order valence-corrected chi connectivity index (χ0v) is 18.6. The van der Waals surface area contributed by atoms with Gasteiger partial charge in [-0.2, -0.15) is 0 Å². The molecule has 0 amide bonds. The monoisotopic (exact) mass is 435 g/mol. The Kier molecular flexibility index (Phi) is 7.17. The number of nitrogens with one attached hydrogen (secondary N) is 2. The lowest BCUT2D eigenvalue weighted by molar-refractivity contribution is 0.184. The Morgan fingerprint density at radius 3 is 2.68 bits per heavy atom. The van der Waals surface area contributed by atoms with E-state index in [0.29, 0.717) is 6.61 Å². The van der Waals surface area contributed by atoms with Crippen molar-refractivity contribution in [3.63, 3.8) is 0 Å². The van der Waals surface area contributed by atoms with Gasteiger partial charge < -0.3 is 24.8 Å². The fourth-order valence-corrected chi connectivity index (χ4v) is 4.43. The van der Waals surface area contributed by atoms with Crippen molar-refractivity contribution in [1.82, 2.24) is 19.8 Å². The number of anilines is 1. The first-order valence-electron chi connectivity index (χ1n) is 10.7. The molecular weight excluding hydrogens is 406 g/mol. The normalized spacial score (nSPS) is 18.2. The van der Waals surface area contributed by atoms with Crippen LogP contribution < -0.4 is 10.6 Å². The number of methoxy groups -OCH3 is 1. The van der Waals surface area contributed by atoms with Crippen LogP contribution in [0.2, 0.25) is 0 Å². The fourth-order valence-electron chi connectivity index (χ4n) is 4.10. The standard InChI is InChI=1S/C24H29N5OS/c1-30-18-17-28-15-7-12-21(28)23-22(20-11-5-6-13-26-20)27-24(31)29(23)16-8-14-25-19-9-3-2-4-10-19/h2-7,9-13,15,22-23,25H,8,14,16-18H2,1H3,(H,27,31)/t22-,23-/m0/s1. The summed E-state index contributed by atoms with van der Waals surface area (Å²) >= 11 is 5.78. The summed E-state index contributed by atoms with van der Waals surface area (Å²) < 4.78 is 7.58. The van der Waals surface area contributed by atoms with Crippen LogP contribution in [0.15, 0.2) is 73.1 Å². The van der Waals surface area contributed by atoms with Gasteiger partial charge in [-0.05, 0) is 55.0 Å². The van der Waals surface area contributed by atoms with Gasteiger partial charge in [-0.15, -0.1) is 0 Å². The van der Waals surface area contributed by atoms with Crippen LogP contribution in [0, 0.1) is 0 Å². The Morgan fingerprint density at radius 2 is 1.90 bits per heavy atom. The van der Waals surface area contributed by atoms with Crippen molar-refractivity contribution in [2.75, 3.05) is 32.1 Å². The molecule has 7 heteroatoms. The molecule has 31 heavy (non-hydrogen) atoms. The van der Waals surface area contributed by atoms with E-state index in [-0.39, 0.29) is 12.1 Å². The summed E-state index contributed by atoms with van der Waals surface area (Å²) in [5.74, 6) is 0. The number of hydrogen-bond donors (Lipinski definition) is 2. The van der Waals surface area contributed by atoms with Gasteiger partial charge in [0.2, 0.25) is 0 Å². The van der Waals surface area contributed by atoms with Crippen molar-refractivity contribution >= 4 is 23.0 Å². The van der Waals surface area contributed by atoms with E-state index in [1.807, 2.05) is 36.5 Å². The summed E-state index contributed by atoms with van der Waals surface area (Å²) in [6.45, 7) is 3.21. The van der Waals surface area contributed by atoms with Crippen LogP contribution >= 0.6 is 12.2 Å². The summed E-state index contributed by atoms with van der Waals surface area (Å²) in [6.07, 6.45) is 4.93. The van der Waals surface area contributed by atoms with Crippen molar-refractivity contribution in [2.24, 2.45) is 0 Å². The molecule has 4 rings (SSSR count). The number of nitrogens with zero attached hydrogens (tertiary/aromatic N) is 3. The van der Waals surface area contributed by atoms with E-state index in [9.17, 15) is 0 Å². The number of hydrogen-bond acceptors (Lipinski definition) is 4. The van der Waals surface area contributed by atoms with Crippen LogP contribution in [-0.2, 0) is 11.3 Å². The second-order valence-corrected chi connectivity index (χ2v) is 7.97.